The Balaban J connectivity index is 1.68. The Kier molecular flexibility index (Phi) is 7.74. The summed E-state index contributed by atoms with van der Waals surface area (Å²) < 4.78 is 11.0. The minimum absolute atomic E-state index is 0.372. The summed E-state index contributed by atoms with van der Waals surface area (Å²) in [5.41, 5.74) is 2.25. The van der Waals surface area contributed by atoms with E-state index in [1.807, 2.05) is 26.0 Å². The standard InChI is InChI=1S/C23H35N5O2/c1-6-24-23(26-15-21-27-16(2)17(3)30-21)25-14-19-8-7-13-28(4)22(19)18-9-11-20(29-5)12-10-18/h9-12,19,22H,6-8,13-15H2,1-5H3,(H2,24,25,26). The van der Waals surface area contributed by atoms with Crippen molar-refractivity contribution in [2.24, 2.45) is 10.9 Å². The molecule has 2 N–H and O–H groups in total. The van der Waals surface area contributed by atoms with Crippen LogP contribution in [0.4, 0.5) is 0 Å². The third-order valence-electron chi connectivity index (χ3n) is 5.79. The lowest BCUT2D eigenvalue weighted by molar-refractivity contribution is 0.122. The molecule has 0 amide bonds. The van der Waals surface area contributed by atoms with Crippen LogP contribution in [0.2, 0.25) is 0 Å². The van der Waals surface area contributed by atoms with E-state index in [-0.39, 0.29) is 0 Å². The van der Waals surface area contributed by atoms with Crippen LogP contribution >= 0.6 is 0 Å². The van der Waals surface area contributed by atoms with E-state index in [1.165, 1.54) is 18.4 Å². The van der Waals surface area contributed by atoms with Crippen LogP contribution in [0.3, 0.4) is 0 Å². The quantitative estimate of drug-likeness (QED) is 0.535. The maximum Gasteiger partial charge on any atom is 0.216 e. The van der Waals surface area contributed by atoms with E-state index in [2.05, 4.69) is 51.6 Å². The predicted molar refractivity (Wildman–Crippen MR) is 120 cm³/mol. The number of oxazole rings is 1. The zero-order valence-electron chi connectivity index (χ0n) is 18.9. The Morgan fingerprint density at radius 1 is 1.27 bits per heavy atom. The summed E-state index contributed by atoms with van der Waals surface area (Å²) in [5.74, 6) is 3.69. The van der Waals surface area contributed by atoms with Crippen molar-refractivity contribution in [3.8, 4) is 5.75 Å². The Hall–Kier alpha value is -2.54. The third-order valence-corrected chi connectivity index (χ3v) is 5.79. The van der Waals surface area contributed by atoms with Gasteiger partial charge < -0.3 is 19.8 Å². The van der Waals surface area contributed by atoms with E-state index in [1.54, 1.807) is 7.11 Å². The largest absolute Gasteiger partial charge is 0.497 e. The maximum atomic E-state index is 5.65. The molecule has 7 heteroatoms. The molecule has 2 heterocycles. The summed E-state index contributed by atoms with van der Waals surface area (Å²) in [7, 11) is 3.92. The van der Waals surface area contributed by atoms with Crippen molar-refractivity contribution in [3.63, 3.8) is 0 Å². The van der Waals surface area contributed by atoms with E-state index >= 15 is 0 Å². The van der Waals surface area contributed by atoms with Gasteiger partial charge in [0.15, 0.2) is 5.96 Å². The topological polar surface area (TPSA) is 74.9 Å². The molecule has 0 saturated carbocycles. The summed E-state index contributed by atoms with van der Waals surface area (Å²) >= 11 is 0. The van der Waals surface area contributed by atoms with Crippen LogP contribution < -0.4 is 15.4 Å². The van der Waals surface area contributed by atoms with Gasteiger partial charge >= 0.3 is 0 Å². The number of hydrogen-bond acceptors (Lipinski definition) is 5. The second-order valence-electron chi connectivity index (χ2n) is 7.93. The number of likely N-dealkylation sites (tertiary alicyclic amines) is 1. The normalized spacial score (nSPS) is 20.2. The SMILES string of the molecule is CCNC(=NCc1nc(C)c(C)o1)NCC1CCCN(C)C1c1ccc(OC)cc1. The molecule has 0 spiro atoms. The van der Waals surface area contributed by atoms with Crippen LogP contribution in [-0.4, -0.2) is 49.6 Å². The van der Waals surface area contributed by atoms with Crippen molar-refractivity contribution < 1.29 is 9.15 Å². The molecule has 164 valence electrons. The Labute approximate surface area is 179 Å². The molecule has 0 radical (unpaired) electrons. The lowest BCUT2D eigenvalue weighted by Crippen LogP contribution is -2.45. The predicted octanol–water partition coefficient (Wildman–Crippen LogP) is 3.44. The zero-order chi connectivity index (χ0) is 21.5. The lowest BCUT2D eigenvalue weighted by atomic mass is 9.85. The molecular weight excluding hydrogens is 378 g/mol. The number of rotatable bonds is 7. The van der Waals surface area contributed by atoms with Crippen LogP contribution in [0, 0.1) is 19.8 Å². The number of methoxy groups -OCH3 is 1. The molecule has 3 rings (SSSR count). The number of aliphatic imine (C=N–C) groups is 1. The van der Waals surface area contributed by atoms with Gasteiger partial charge in [-0.1, -0.05) is 12.1 Å². The second kappa shape index (κ2) is 10.5. The molecule has 30 heavy (non-hydrogen) atoms. The van der Waals surface area contributed by atoms with Crippen molar-refractivity contribution in [2.45, 2.75) is 46.2 Å². The van der Waals surface area contributed by atoms with E-state index in [0.717, 1.165) is 42.8 Å². The fraction of sp³-hybridized carbons (Fsp3) is 0.565. The van der Waals surface area contributed by atoms with Crippen LogP contribution in [0.15, 0.2) is 33.7 Å². The highest BCUT2D eigenvalue weighted by atomic mass is 16.5. The number of aromatic nitrogens is 1. The summed E-state index contributed by atoms with van der Waals surface area (Å²) in [5, 5.41) is 6.88. The molecule has 0 aliphatic carbocycles. The number of hydrogen-bond donors (Lipinski definition) is 2. The molecular formula is C23H35N5O2. The van der Waals surface area contributed by atoms with Gasteiger partial charge in [-0.15, -0.1) is 0 Å². The smallest absolute Gasteiger partial charge is 0.216 e. The van der Waals surface area contributed by atoms with Gasteiger partial charge in [-0.2, -0.15) is 0 Å². The average Bonchev–Trinajstić information content (AvgIpc) is 3.07. The minimum atomic E-state index is 0.372. The summed E-state index contributed by atoms with van der Waals surface area (Å²) in [6, 6.07) is 8.84. The molecule has 1 aliphatic heterocycles. The van der Waals surface area contributed by atoms with Gasteiger partial charge in [0.1, 0.15) is 18.1 Å². The lowest BCUT2D eigenvalue weighted by Gasteiger charge is -2.40. The Bertz CT molecular complexity index is 811. The van der Waals surface area contributed by atoms with Crippen LogP contribution in [0.5, 0.6) is 5.75 Å². The first kappa shape index (κ1) is 22.2. The van der Waals surface area contributed by atoms with Crippen molar-refractivity contribution >= 4 is 5.96 Å². The van der Waals surface area contributed by atoms with E-state index in [0.29, 0.717) is 24.4 Å². The fourth-order valence-corrected chi connectivity index (χ4v) is 4.12. The molecule has 2 unspecified atom stereocenters. The molecule has 7 nitrogen and oxygen atoms in total. The van der Waals surface area contributed by atoms with Gasteiger partial charge in [-0.3, -0.25) is 4.90 Å². The number of aryl methyl sites for hydroxylation is 2. The van der Waals surface area contributed by atoms with Gasteiger partial charge in [-0.05, 0) is 70.8 Å². The van der Waals surface area contributed by atoms with Crippen molar-refractivity contribution in [1.82, 2.24) is 20.5 Å². The highest BCUT2D eigenvalue weighted by molar-refractivity contribution is 5.79. The Morgan fingerprint density at radius 2 is 2.03 bits per heavy atom. The number of guanidine groups is 1. The second-order valence-corrected chi connectivity index (χ2v) is 7.93. The minimum Gasteiger partial charge on any atom is -0.497 e. The Morgan fingerprint density at radius 3 is 2.67 bits per heavy atom. The third kappa shape index (κ3) is 5.53. The van der Waals surface area contributed by atoms with Crippen molar-refractivity contribution in [2.75, 3.05) is 33.8 Å². The molecule has 1 aliphatic rings. The van der Waals surface area contributed by atoms with Crippen LogP contribution in [-0.2, 0) is 6.54 Å². The summed E-state index contributed by atoms with van der Waals surface area (Å²) in [4.78, 5) is 11.6. The van der Waals surface area contributed by atoms with Crippen LogP contribution in [0.1, 0.15) is 48.7 Å². The van der Waals surface area contributed by atoms with E-state index in [4.69, 9.17) is 9.15 Å². The van der Waals surface area contributed by atoms with Gasteiger partial charge in [0, 0.05) is 19.1 Å². The molecule has 1 fully saturated rings. The first-order chi connectivity index (χ1) is 14.5. The molecule has 1 aromatic heterocycles. The van der Waals surface area contributed by atoms with Crippen molar-refractivity contribution in [1.29, 1.82) is 0 Å². The zero-order valence-corrected chi connectivity index (χ0v) is 18.9. The molecule has 0 bridgehead atoms. The highest BCUT2D eigenvalue weighted by Gasteiger charge is 2.30. The average molecular weight is 414 g/mol. The van der Waals surface area contributed by atoms with Crippen molar-refractivity contribution in [3.05, 3.63) is 47.2 Å². The van der Waals surface area contributed by atoms with E-state index in [9.17, 15) is 0 Å². The molecule has 1 aromatic carbocycles. The number of benzene rings is 1. The summed E-state index contributed by atoms with van der Waals surface area (Å²) in [6.45, 7) is 9.16. The fourth-order valence-electron chi connectivity index (χ4n) is 4.12. The maximum absolute atomic E-state index is 5.65. The number of ether oxygens (including phenoxy) is 1. The highest BCUT2D eigenvalue weighted by Crippen LogP contribution is 2.35. The number of nitrogens with one attached hydrogen (secondary N) is 2. The van der Waals surface area contributed by atoms with E-state index < -0.39 is 0 Å². The number of piperidine rings is 1. The number of nitrogens with zero attached hydrogens (tertiary/aromatic N) is 3. The molecule has 2 atom stereocenters. The first-order valence-electron chi connectivity index (χ1n) is 10.8. The van der Waals surface area contributed by atoms with Gasteiger partial charge in [0.2, 0.25) is 5.89 Å². The van der Waals surface area contributed by atoms with Crippen LogP contribution in [0.25, 0.3) is 0 Å². The van der Waals surface area contributed by atoms with Gasteiger partial charge in [0.25, 0.3) is 0 Å². The summed E-state index contributed by atoms with van der Waals surface area (Å²) in [6.07, 6.45) is 2.39. The first-order valence-corrected chi connectivity index (χ1v) is 10.8. The molecule has 1 saturated heterocycles. The molecule has 2 aromatic rings. The van der Waals surface area contributed by atoms with Gasteiger partial charge in [-0.25, -0.2) is 9.98 Å². The monoisotopic (exact) mass is 413 g/mol. The van der Waals surface area contributed by atoms with Gasteiger partial charge in [0.05, 0.1) is 12.8 Å².